The Morgan fingerprint density at radius 2 is 1.76 bits per heavy atom. The van der Waals surface area contributed by atoms with Crippen molar-refractivity contribution in [1.82, 2.24) is 0 Å². The van der Waals surface area contributed by atoms with Crippen LogP contribution in [-0.4, -0.2) is 29.5 Å². The summed E-state index contributed by atoms with van der Waals surface area (Å²) in [5, 5.41) is 18.0. The molecule has 0 spiro atoms. The van der Waals surface area contributed by atoms with Crippen LogP contribution in [0.3, 0.4) is 0 Å². The second-order valence-corrected chi connectivity index (χ2v) is 5.67. The highest BCUT2D eigenvalue weighted by atomic mass is 16.5. The van der Waals surface area contributed by atoms with Gasteiger partial charge in [-0.25, -0.2) is 0 Å². The summed E-state index contributed by atoms with van der Waals surface area (Å²) in [5.74, 6) is 0.767. The summed E-state index contributed by atoms with van der Waals surface area (Å²) in [4.78, 5) is 0. The zero-order valence-corrected chi connectivity index (χ0v) is 13.3. The van der Waals surface area contributed by atoms with Crippen molar-refractivity contribution in [2.45, 2.75) is 64.4 Å². The molecule has 0 aromatic heterocycles. The number of rotatable bonds is 12. The molecule has 0 amide bonds. The largest absolute Gasteiger partial charge is 0.491 e. The van der Waals surface area contributed by atoms with E-state index >= 15 is 0 Å². The van der Waals surface area contributed by atoms with Gasteiger partial charge in [-0.05, 0) is 30.5 Å². The molecule has 1 atom stereocenters. The highest BCUT2D eigenvalue weighted by Gasteiger charge is 2.03. The monoisotopic (exact) mass is 294 g/mol. The lowest BCUT2D eigenvalue weighted by Crippen LogP contribution is -2.21. The quantitative estimate of drug-likeness (QED) is 0.578. The molecule has 0 saturated carbocycles. The second-order valence-electron chi connectivity index (χ2n) is 5.67. The van der Waals surface area contributed by atoms with Crippen LogP contribution in [0.2, 0.25) is 0 Å². The van der Waals surface area contributed by atoms with Gasteiger partial charge in [0.2, 0.25) is 0 Å². The molecule has 3 heteroatoms. The van der Waals surface area contributed by atoms with Crippen LogP contribution in [0.25, 0.3) is 0 Å². The van der Waals surface area contributed by atoms with E-state index in [1.54, 1.807) is 0 Å². The molecule has 0 radical (unpaired) electrons. The summed E-state index contributed by atoms with van der Waals surface area (Å²) >= 11 is 0. The Labute approximate surface area is 129 Å². The van der Waals surface area contributed by atoms with Crippen LogP contribution < -0.4 is 4.74 Å². The van der Waals surface area contributed by atoms with E-state index in [0.29, 0.717) is 0 Å². The summed E-state index contributed by atoms with van der Waals surface area (Å²) in [7, 11) is 0. The van der Waals surface area contributed by atoms with Crippen molar-refractivity contribution in [1.29, 1.82) is 0 Å². The van der Waals surface area contributed by atoms with Gasteiger partial charge in [-0.2, -0.15) is 0 Å². The number of aliphatic hydroxyl groups excluding tert-OH is 2. The summed E-state index contributed by atoms with van der Waals surface area (Å²) < 4.78 is 5.46. The number of benzene rings is 1. The standard InChI is InChI=1S/C18H30O3/c1-2-3-4-5-6-7-8-10-16-11-9-12-18(13-16)21-15-17(20)14-19/h9,11-13,17,19-20H,2-8,10,14-15H2,1H3. The Morgan fingerprint density at radius 3 is 2.48 bits per heavy atom. The third kappa shape index (κ3) is 8.74. The lowest BCUT2D eigenvalue weighted by atomic mass is 10.0. The molecule has 1 aromatic rings. The third-order valence-electron chi connectivity index (χ3n) is 3.62. The summed E-state index contributed by atoms with van der Waals surface area (Å²) in [6, 6.07) is 8.02. The SMILES string of the molecule is CCCCCCCCCc1cccc(OCC(O)CO)c1. The van der Waals surface area contributed by atoms with Crippen molar-refractivity contribution in [3.05, 3.63) is 29.8 Å². The van der Waals surface area contributed by atoms with E-state index in [-0.39, 0.29) is 13.2 Å². The van der Waals surface area contributed by atoms with Crippen LogP contribution in [-0.2, 0) is 6.42 Å². The molecule has 0 aliphatic rings. The van der Waals surface area contributed by atoms with Crippen LogP contribution in [0.15, 0.2) is 24.3 Å². The summed E-state index contributed by atoms with van der Waals surface area (Å²) in [6.07, 6.45) is 9.50. The van der Waals surface area contributed by atoms with Crippen molar-refractivity contribution in [3.63, 3.8) is 0 Å². The molecule has 3 nitrogen and oxygen atoms in total. The average Bonchev–Trinajstić information content (AvgIpc) is 2.52. The number of aryl methyl sites for hydroxylation is 1. The van der Waals surface area contributed by atoms with Gasteiger partial charge in [-0.15, -0.1) is 0 Å². The second kappa shape index (κ2) is 11.6. The lowest BCUT2D eigenvalue weighted by molar-refractivity contribution is 0.0536. The number of hydrogen-bond donors (Lipinski definition) is 2. The minimum atomic E-state index is -0.809. The predicted molar refractivity (Wildman–Crippen MR) is 86.7 cm³/mol. The molecule has 0 bridgehead atoms. The van der Waals surface area contributed by atoms with Gasteiger partial charge in [0.1, 0.15) is 18.5 Å². The van der Waals surface area contributed by atoms with E-state index in [2.05, 4.69) is 13.0 Å². The normalized spacial score (nSPS) is 12.3. The van der Waals surface area contributed by atoms with Gasteiger partial charge in [-0.1, -0.05) is 57.6 Å². The van der Waals surface area contributed by atoms with E-state index in [1.165, 1.54) is 50.5 Å². The third-order valence-corrected chi connectivity index (χ3v) is 3.62. The van der Waals surface area contributed by atoms with Crippen molar-refractivity contribution in [2.75, 3.05) is 13.2 Å². The summed E-state index contributed by atoms with van der Waals surface area (Å²) in [6.45, 7) is 2.11. The van der Waals surface area contributed by atoms with E-state index < -0.39 is 6.10 Å². The van der Waals surface area contributed by atoms with Crippen LogP contribution in [0, 0.1) is 0 Å². The molecule has 0 saturated heterocycles. The fourth-order valence-electron chi connectivity index (χ4n) is 2.32. The Balaban J connectivity index is 2.20. The maximum atomic E-state index is 9.28. The van der Waals surface area contributed by atoms with Crippen molar-refractivity contribution in [2.24, 2.45) is 0 Å². The summed E-state index contributed by atoms with van der Waals surface area (Å²) in [5.41, 5.74) is 1.28. The zero-order valence-electron chi connectivity index (χ0n) is 13.3. The smallest absolute Gasteiger partial charge is 0.119 e. The molecule has 120 valence electrons. The van der Waals surface area contributed by atoms with Gasteiger partial charge in [0.15, 0.2) is 0 Å². The highest BCUT2D eigenvalue weighted by molar-refractivity contribution is 5.28. The number of aliphatic hydroxyl groups is 2. The van der Waals surface area contributed by atoms with Gasteiger partial charge in [-0.3, -0.25) is 0 Å². The molecule has 1 aromatic carbocycles. The fourth-order valence-corrected chi connectivity index (χ4v) is 2.32. The van der Waals surface area contributed by atoms with Crippen molar-refractivity contribution >= 4 is 0 Å². The fraction of sp³-hybridized carbons (Fsp3) is 0.667. The van der Waals surface area contributed by atoms with Gasteiger partial charge in [0.25, 0.3) is 0 Å². The van der Waals surface area contributed by atoms with Crippen LogP contribution in [0.5, 0.6) is 5.75 Å². The minimum Gasteiger partial charge on any atom is -0.491 e. The van der Waals surface area contributed by atoms with Gasteiger partial charge in [0.05, 0.1) is 6.61 Å². The highest BCUT2D eigenvalue weighted by Crippen LogP contribution is 2.16. The Hall–Kier alpha value is -1.06. The molecule has 0 fully saturated rings. The Kier molecular flexibility index (Phi) is 9.92. The van der Waals surface area contributed by atoms with E-state index in [9.17, 15) is 5.11 Å². The number of ether oxygens (including phenoxy) is 1. The number of unbranched alkanes of at least 4 members (excludes halogenated alkanes) is 6. The molecule has 21 heavy (non-hydrogen) atoms. The lowest BCUT2D eigenvalue weighted by Gasteiger charge is -2.11. The zero-order chi connectivity index (χ0) is 15.3. The van der Waals surface area contributed by atoms with Gasteiger partial charge in [0, 0.05) is 0 Å². The molecule has 1 rings (SSSR count). The minimum absolute atomic E-state index is 0.136. The molecule has 0 aliphatic carbocycles. The topological polar surface area (TPSA) is 49.7 Å². The maximum absolute atomic E-state index is 9.28. The molecular weight excluding hydrogens is 264 g/mol. The first kappa shape index (κ1) is 18.0. The van der Waals surface area contributed by atoms with Gasteiger partial charge < -0.3 is 14.9 Å². The number of hydrogen-bond acceptors (Lipinski definition) is 3. The Morgan fingerprint density at radius 1 is 1.05 bits per heavy atom. The van der Waals surface area contributed by atoms with Crippen molar-refractivity contribution < 1.29 is 14.9 Å². The first-order valence-electron chi connectivity index (χ1n) is 8.27. The van der Waals surface area contributed by atoms with Gasteiger partial charge >= 0.3 is 0 Å². The predicted octanol–water partition coefficient (Wildman–Crippen LogP) is 3.71. The maximum Gasteiger partial charge on any atom is 0.119 e. The molecule has 1 unspecified atom stereocenters. The molecule has 2 N–H and O–H groups in total. The van der Waals surface area contributed by atoms with Crippen LogP contribution in [0.1, 0.15) is 57.4 Å². The van der Waals surface area contributed by atoms with Crippen molar-refractivity contribution in [3.8, 4) is 5.75 Å². The Bertz CT molecular complexity index is 365. The van der Waals surface area contributed by atoms with E-state index in [1.807, 2.05) is 18.2 Å². The van der Waals surface area contributed by atoms with Crippen LogP contribution in [0.4, 0.5) is 0 Å². The van der Waals surface area contributed by atoms with Crippen LogP contribution >= 0.6 is 0 Å². The molecular formula is C18H30O3. The molecule has 0 heterocycles. The van der Waals surface area contributed by atoms with E-state index in [0.717, 1.165) is 12.2 Å². The molecule has 0 aliphatic heterocycles. The first-order chi connectivity index (χ1) is 10.3. The average molecular weight is 294 g/mol. The first-order valence-corrected chi connectivity index (χ1v) is 8.27. The van der Waals surface area contributed by atoms with E-state index in [4.69, 9.17) is 9.84 Å².